The molecule has 1 aromatic heterocycles. The summed E-state index contributed by atoms with van der Waals surface area (Å²) < 4.78 is 40.0. The Morgan fingerprint density at radius 3 is 2.60 bits per heavy atom. The van der Waals surface area contributed by atoms with E-state index < -0.39 is 12.8 Å². The van der Waals surface area contributed by atoms with Gasteiger partial charge in [-0.25, -0.2) is 0 Å². The minimum absolute atomic E-state index is 0.0960. The molecule has 0 spiro atoms. The number of aromatic nitrogens is 1. The molecule has 0 bridgehead atoms. The third-order valence-electron chi connectivity index (χ3n) is 1.69. The third-order valence-corrected chi connectivity index (χ3v) is 1.94. The molecule has 0 saturated heterocycles. The summed E-state index contributed by atoms with van der Waals surface area (Å²) in [5.41, 5.74) is 1.35. The lowest BCUT2D eigenvalue weighted by Crippen LogP contribution is -2.19. The Balaban J connectivity index is 2.68. The molecule has 1 aromatic rings. The van der Waals surface area contributed by atoms with E-state index in [0.717, 1.165) is 0 Å². The maximum atomic E-state index is 11.8. The number of aryl methyl sites for hydroxylation is 1. The average molecular weight is 240 g/mol. The van der Waals surface area contributed by atoms with Crippen molar-refractivity contribution in [2.24, 2.45) is 0 Å². The number of nitrogens with zero attached hydrogens (tertiary/aromatic N) is 1. The van der Waals surface area contributed by atoms with Crippen LogP contribution in [-0.4, -0.2) is 17.8 Å². The predicted octanol–water partition coefficient (Wildman–Crippen LogP) is 3.07. The first-order valence-corrected chi connectivity index (χ1v) is 4.67. The Kier molecular flexibility index (Phi) is 3.79. The average Bonchev–Trinajstić information content (AvgIpc) is 2.14. The number of ether oxygens (including phenoxy) is 1. The van der Waals surface area contributed by atoms with Gasteiger partial charge in [0.15, 0.2) is 6.61 Å². The molecule has 15 heavy (non-hydrogen) atoms. The molecule has 1 rings (SSSR count). The molecular weight excluding hydrogens is 231 g/mol. The van der Waals surface area contributed by atoms with Gasteiger partial charge >= 0.3 is 6.18 Å². The maximum Gasteiger partial charge on any atom is 0.422 e. The highest BCUT2D eigenvalue weighted by molar-refractivity contribution is 6.17. The van der Waals surface area contributed by atoms with Crippen molar-refractivity contribution in [3.63, 3.8) is 0 Å². The van der Waals surface area contributed by atoms with Gasteiger partial charge in [-0.1, -0.05) is 0 Å². The number of hydrogen-bond donors (Lipinski definition) is 0. The van der Waals surface area contributed by atoms with E-state index in [1.807, 2.05) is 0 Å². The third kappa shape index (κ3) is 3.95. The summed E-state index contributed by atoms with van der Waals surface area (Å²) in [7, 11) is 0. The zero-order valence-corrected chi connectivity index (χ0v) is 8.69. The van der Waals surface area contributed by atoms with Crippen molar-refractivity contribution in [3.05, 3.63) is 23.5 Å². The summed E-state index contributed by atoms with van der Waals surface area (Å²) in [6, 6.07) is 1.48. The lowest BCUT2D eigenvalue weighted by atomic mass is 10.2. The summed E-state index contributed by atoms with van der Waals surface area (Å²) >= 11 is 5.55. The summed E-state index contributed by atoms with van der Waals surface area (Å²) in [4.78, 5) is 3.87. The van der Waals surface area contributed by atoms with Crippen molar-refractivity contribution < 1.29 is 17.9 Å². The lowest BCUT2D eigenvalue weighted by Gasteiger charge is -2.10. The quantitative estimate of drug-likeness (QED) is 0.757. The second-order valence-electron chi connectivity index (χ2n) is 2.97. The summed E-state index contributed by atoms with van der Waals surface area (Å²) in [6.45, 7) is 0.402. The number of hydrogen-bond acceptors (Lipinski definition) is 2. The van der Waals surface area contributed by atoms with Crippen molar-refractivity contribution in [2.45, 2.75) is 19.0 Å². The molecule has 0 N–H and O–H groups in total. The van der Waals surface area contributed by atoms with Crippen LogP contribution in [0.1, 0.15) is 11.3 Å². The van der Waals surface area contributed by atoms with Gasteiger partial charge in [0.25, 0.3) is 0 Å². The van der Waals surface area contributed by atoms with Gasteiger partial charge in [0, 0.05) is 0 Å². The Bertz CT molecular complexity index is 341. The standard InChI is InChI=1S/C9H9ClF3NO/c1-6-2-7(4-14-8(6)3-10)15-5-9(11,12)13/h2,4H,3,5H2,1H3. The second kappa shape index (κ2) is 4.70. The molecule has 2 nitrogen and oxygen atoms in total. The Hall–Kier alpha value is -0.970. The highest BCUT2D eigenvalue weighted by Crippen LogP contribution is 2.20. The van der Waals surface area contributed by atoms with E-state index in [1.54, 1.807) is 6.92 Å². The summed E-state index contributed by atoms with van der Waals surface area (Å²) in [5, 5.41) is 0. The zero-order chi connectivity index (χ0) is 11.5. The molecule has 0 saturated carbocycles. The van der Waals surface area contributed by atoms with Crippen molar-refractivity contribution in [1.82, 2.24) is 4.98 Å². The number of rotatable bonds is 3. The molecule has 0 atom stereocenters. The number of halogens is 4. The van der Waals surface area contributed by atoms with Gasteiger partial charge in [-0.15, -0.1) is 11.6 Å². The molecule has 6 heteroatoms. The highest BCUT2D eigenvalue weighted by atomic mass is 35.5. The summed E-state index contributed by atoms with van der Waals surface area (Å²) in [5.74, 6) is 0.324. The number of pyridine rings is 1. The molecular formula is C9H9ClF3NO. The smallest absolute Gasteiger partial charge is 0.422 e. The zero-order valence-electron chi connectivity index (χ0n) is 7.94. The lowest BCUT2D eigenvalue weighted by molar-refractivity contribution is -0.153. The number of alkyl halides is 4. The first-order valence-electron chi connectivity index (χ1n) is 4.13. The SMILES string of the molecule is Cc1cc(OCC(F)(F)F)cnc1CCl. The molecule has 0 radical (unpaired) electrons. The Labute approximate surface area is 90.0 Å². The Morgan fingerprint density at radius 1 is 1.47 bits per heavy atom. The first-order chi connectivity index (χ1) is 6.92. The fourth-order valence-corrected chi connectivity index (χ4v) is 1.24. The van der Waals surface area contributed by atoms with Crippen molar-refractivity contribution in [2.75, 3.05) is 6.61 Å². The molecule has 0 aliphatic rings. The van der Waals surface area contributed by atoms with Crippen LogP contribution in [0, 0.1) is 6.92 Å². The largest absolute Gasteiger partial charge is 0.482 e. The summed E-state index contributed by atoms with van der Waals surface area (Å²) in [6.07, 6.45) is -3.10. The van der Waals surface area contributed by atoms with Gasteiger partial charge in [-0.2, -0.15) is 13.2 Å². The van der Waals surface area contributed by atoms with Crippen LogP contribution >= 0.6 is 11.6 Å². The molecule has 0 aliphatic carbocycles. The van der Waals surface area contributed by atoms with Crippen molar-refractivity contribution >= 4 is 11.6 Å². The first kappa shape index (κ1) is 12.1. The highest BCUT2D eigenvalue weighted by Gasteiger charge is 2.28. The molecule has 0 aromatic carbocycles. The molecule has 1 heterocycles. The van der Waals surface area contributed by atoms with Crippen LogP contribution in [0.5, 0.6) is 5.75 Å². The van der Waals surface area contributed by atoms with Gasteiger partial charge in [0.2, 0.25) is 0 Å². The van der Waals surface area contributed by atoms with Crippen LogP contribution in [-0.2, 0) is 5.88 Å². The maximum absolute atomic E-state index is 11.8. The predicted molar refractivity (Wildman–Crippen MR) is 50.1 cm³/mol. The van der Waals surface area contributed by atoms with E-state index in [0.29, 0.717) is 11.3 Å². The van der Waals surface area contributed by atoms with Gasteiger partial charge < -0.3 is 4.74 Å². The van der Waals surface area contributed by atoms with Crippen molar-refractivity contribution in [3.8, 4) is 5.75 Å². The molecule has 0 amide bonds. The minimum Gasteiger partial charge on any atom is -0.482 e. The normalized spacial score (nSPS) is 11.5. The van der Waals surface area contributed by atoms with Gasteiger partial charge in [0.1, 0.15) is 5.75 Å². The molecule has 0 aliphatic heterocycles. The van der Waals surface area contributed by atoms with Crippen LogP contribution < -0.4 is 4.74 Å². The van der Waals surface area contributed by atoms with Crippen LogP contribution in [0.15, 0.2) is 12.3 Å². The molecule has 0 unspecified atom stereocenters. The van der Waals surface area contributed by atoms with Crippen LogP contribution in [0.25, 0.3) is 0 Å². The molecule has 0 fully saturated rings. The Morgan fingerprint density at radius 2 is 2.13 bits per heavy atom. The van der Waals surface area contributed by atoms with E-state index in [2.05, 4.69) is 9.72 Å². The van der Waals surface area contributed by atoms with Gasteiger partial charge in [-0.05, 0) is 18.6 Å². The van der Waals surface area contributed by atoms with Gasteiger partial charge in [-0.3, -0.25) is 4.98 Å². The van der Waals surface area contributed by atoms with Crippen LogP contribution in [0.4, 0.5) is 13.2 Å². The van der Waals surface area contributed by atoms with Crippen LogP contribution in [0.2, 0.25) is 0 Å². The van der Waals surface area contributed by atoms with E-state index in [9.17, 15) is 13.2 Å². The second-order valence-corrected chi connectivity index (χ2v) is 3.24. The minimum atomic E-state index is -4.33. The van der Waals surface area contributed by atoms with Crippen LogP contribution in [0.3, 0.4) is 0 Å². The van der Waals surface area contributed by atoms with E-state index in [1.165, 1.54) is 12.3 Å². The van der Waals surface area contributed by atoms with E-state index in [-0.39, 0.29) is 11.6 Å². The fraction of sp³-hybridized carbons (Fsp3) is 0.444. The topological polar surface area (TPSA) is 22.1 Å². The van der Waals surface area contributed by atoms with E-state index >= 15 is 0 Å². The van der Waals surface area contributed by atoms with Crippen molar-refractivity contribution in [1.29, 1.82) is 0 Å². The fourth-order valence-electron chi connectivity index (χ4n) is 0.961. The van der Waals surface area contributed by atoms with E-state index in [4.69, 9.17) is 11.6 Å². The van der Waals surface area contributed by atoms with Gasteiger partial charge in [0.05, 0.1) is 17.8 Å². The molecule has 84 valence electrons. The monoisotopic (exact) mass is 239 g/mol.